The highest BCUT2D eigenvalue weighted by Crippen LogP contribution is 2.31. The third-order valence-corrected chi connectivity index (χ3v) is 5.58. The summed E-state index contributed by atoms with van der Waals surface area (Å²) in [4.78, 5) is 12.8. The van der Waals surface area contributed by atoms with E-state index in [4.69, 9.17) is 0 Å². The summed E-state index contributed by atoms with van der Waals surface area (Å²) in [5.41, 5.74) is 2.84. The molecule has 3 rings (SSSR count). The summed E-state index contributed by atoms with van der Waals surface area (Å²) in [7, 11) is 0. The molecule has 1 unspecified atom stereocenters. The van der Waals surface area contributed by atoms with Gasteiger partial charge in [0.1, 0.15) is 0 Å². The third kappa shape index (κ3) is 4.75. The molecule has 2 N–H and O–H groups in total. The lowest BCUT2D eigenvalue weighted by molar-refractivity contribution is 0.656. The number of aryl methyl sites for hydroxylation is 1. The summed E-state index contributed by atoms with van der Waals surface area (Å²) in [6, 6.07) is 9.29. The lowest BCUT2D eigenvalue weighted by Gasteiger charge is -2.25. The van der Waals surface area contributed by atoms with Gasteiger partial charge in [-0.25, -0.2) is 4.98 Å². The van der Waals surface area contributed by atoms with Crippen LogP contribution in [0.15, 0.2) is 35.5 Å². The van der Waals surface area contributed by atoms with Gasteiger partial charge >= 0.3 is 0 Å². The molecule has 1 aromatic carbocycles. The molecule has 0 radical (unpaired) electrons. The molecule has 5 nitrogen and oxygen atoms in total. The number of nitrogens with one attached hydrogen (secondary N) is 2. The van der Waals surface area contributed by atoms with E-state index in [9.17, 15) is 0 Å². The molecule has 0 bridgehead atoms. The molecule has 1 aliphatic rings. The average molecular weight is 372 g/mol. The summed E-state index contributed by atoms with van der Waals surface area (Å²) in [5, 5.41) is 7.96. The van der Waals surface area contributed by atoms with Gasteiger partial charge in [-0.3, -0.25) is 4.99 Å². The van der Waals surface area contributed by atoms with Gasteiger partial charge in [0.25, 0.3) is 0 Å². The highest BCUT2D eigenvalue weighted by Gasteiger charge is 2.24. The molecule has 1 aromatic heterocycles. The first-order valence-corrected chi connectivity index (χ1v) is 10.3. The van der Waals surface area contributed by atoms with Crippen LogP contribution in [0, 0.1) is 6.92 Å². The van der Waals surface area contributed by atoms with Crippen molar-refractivity contribution in [1.82, 2.24) is 15.6 Å². The number of benzene rings is 1. The van der Waals surface area contributed by atoms with E-state index in [0.29, 0.717) is 6.04 Å². The second kappa shape index (κ2) is 9.03. The fourth-order valence-corrected chi connectivity index (χ4v) is 4.16. The SMILES string of the molecule is CCNC(=NCCc1ncc(C)s1)NCCN1c2ccccc2CC1C. The third-order valence-electron chi connectivity index (χ3n) is 4.60. The Kier molecular flexibility index (Phi) is 6.50. The number of nitrogens with zero attached hydrogens (tertiary/aromatic N) is 3. The topological polar surface area (TPSA) is 52.6 Å². The maximum Gasteiger partial charge on any atom is 0.191 e. The van der Waals surface area contributed by atoms with E-state index in [1.54, 1.807) is 11.3 Å². The Morgan fingerprint density at radius 1 is 1.35 bits per heavy atom. The summed E-state index contributed by atoms with van der Waals surface area (Å²) in [6.45, 7) is 9.97. The Balaban J connectivity index is 1.50. The highest BCUT2D eigenvalue weighted by atomic mass is 32.1. The number of hydrogen-bond donors (Lipinski definition) is 2. The lowest BCUT2D eigenvalue weighted by Crippen LogP contribution is -2.43. The zero-order valence-corrected chi connectivity index (χ0v) is 16.8. The second-order valence-corrected chi connectivity index (χ2v) is 8.00. The van der Waals surface area contributed by atoms with Crippen LogP contribution in [0.25, 0.3) is 0 Å². The average Bonchev–Trinajstić information content (AvgIpc) is 3.18. The molecule has 0 fully saturated rings. The van der Waals surface area contributed by atoms with Gasteiger partial charge in [-0.15, -0.1) is 11.3 Å². The van der Waals surface area contributed by atoms with Crippen LogP contribution in [0.3, 0.4) is 0 Å². The second-order valence-electron chi connectivity index (χ2n) is 6.68. The lowest BCUT2D eigenvalue weighted by atomic mass is 10.1. The Morgan fingerprint density at radius 3 is 2.96 bits per heavy atom. The van der Waals surface area contributed by atoms with Gasteiger partial charge in [0.05, 0.1) is 5.01 Å². The van der Waals surface area contributed by atoms with Gasteiger partial charge in [0, 0.05) is 55.4 Å². The molecule has 2 heterocycles. The number of fused-ring (bicyclic) bond motifs is 1. The van der Waals surface area contributed by atoms with Gasteiger partial charge in [0.2, 0.25) is 0 Å². The van der Waals surface area contributed by atoms with Crippen LogP contribution >= 0.6 is 11.3 Å². The number of rotatable bonds is 7. The van der Waals surface area contributed by atoms with Crippen LogP contribution < -0.4 is 15.5 Å². The molecule has 0 aliphatic carbocycles. The van der Waals surface area contributed by atoms with Crippen molar-refractivity contribution in [2.45, 2.75) is 39.7 Å². The molecule has 0 spiro atoms. The Labute approximate surface area is 160 Å². The number of hydrogen-bond acceptors (Lipinski definition) is 4. The van der Waals surface area contributed by atoms with Gasteiger partial charge in [0.15, 0.2) is 5.96 Å². The van der Waals surface area contributed by atoms with Crippen LogP contribution in [0.1, 0.15) is 29.3 Å². The van der Waals surface area contributed by atoms with Crippen molar-refractivity contribution in [2.24, 2.45) is 4.99 Å². The van der Waals surface area contributed by atoms with Crippen molar-refractivity contribution in [3.8, 4) is 0 Å². The number of anilines is 1. The first kappa shape index (κ1) is 18.7. The number of guanidine groups is 1. The van der Waals surface area contributed by atoms with Gasteiger partial charge in [-0.1, -0.05) is 18.2 Å². The van der Waals surface area contributed by atoms with Crippen molar-refractivity contribution in [1.29, 1.82) is 0 Å². The Morgan fingerprint density at radius 2 is 2.19 bits per heavy atom. The van der Waals surface area contributed by atoms with E-state index in [0.717, 1.165) is 50.0 Å². The largest absolute Gasteiger partial charge is 0.367 e. The molecular formula is C20H29N5S. The monoisotopic (exact) mass is 371 g/mol. The molecule has 26 heavy (non-hydrogen) atoms. The normalized spacial score (nSPS) is 16.7. The molecule has 0 saturated heterocycles. The minimum absolute atomic E-state index is 0.557. The zero-order chi connectivity index (χ0) is 18.4. The standard InChI is InChI=1S/C20H29N5S/c1-4-21-20(22-10-9-19-24-14-16(3)26-19)23-11-12-25-15(2)13-17-7-5-6-8-18(17)25/h5-8,14-15H,4,9-13H2,1-3H3,(H2,21,22,23). The number of para-hydroxylation sites is 1. The van der Waals surface area contributed by atoms with E-state index in [2.05, 4.69) is 70.5 Å². The van der Waals surface area contributed by atoms with Crippen LogP contribution in [0.4, 0.5) is 5.69 Å². The van der Waals surface area contributed by atoms with Crippen molar-refractivity contribution >= 4 is 23.0 Å². The number of aromatic nitrogens is 1. The quantitative estimate of drug-likeness (QED) is 0.580. The van der Waals surface area contributed by atoms with Gasteiger partial charge < -0.3 is 15.5 Å². The maximum absolute atomic E-state index is 4.69. The summed E-state index contributed by atoms with van der Waals surface area (Å²) < 4.78 is 0. The highest BCUT2D eigenvalue weighted by molar-refractivity contribution is 7.11. The first-order chi connectivity index (χ1) is 12.7. The smallest absolute Gasteiger partial charge is 0.191 e. The van der Waals surface area contributed by atoms with Crippen LogP contribution in [0.2, 0.25) is 0 Å². The van der Waals surface area contributed by atoms with Crippen LogP contribution in [0.5, 0.6) is 0 Å². The molecular weight excluding hydrogens is 342 g/mol. The first-order valence-electron chi connectivity index (χ1n) is 9.45. The Bertz CT molecular complexity index is 739. The van der Waals surface area contributed by atoms with Crippen molar-refractivity contribution in [2.75, 3.05) is 31.1 Å². The molecule has 1 aliphatic heterocycles. The number of thiazole rings is 1. The summed E-state index contributed by atoms with van der Waals surface area (Å²) in [5.74, 6) is 0.890. The number of aliphatic imine (C=N–C) groups is 1. The minimum Gasteiger partial charge on any atom is -0.367 e. The fourth-order valence-electron chi connectivity index (χ4n) is 3.39. The summed E-state index contributed by atoms with van der Waals surface area (Å²) >= 11 is 1.75. The van der Waals surface area contributed by atoms with Crippen LogP contribution in [-0.2, 0) is 12.8 Å². The predicted molar refractivity (Wildman–Crippen MR) is 111 cm³/mol. The fraction of sp³-hybridized carbons (Fsp3) is 0.500. The zero-order valence-electron chi connectivity index (χ0n) is 16.0. The molecule has 6 heteroatoms. The van der Waals surface area contributed by atoms with E-state index in [1.807, 2.05) is 6.20 Å². The van der Waals surface area contributed by atoms with Gasteiger partial charge in [-0.2, -0.15) is 0 Å². The summed E-state index contributed by atoms with van der Waals surface area (Å²) in [6.07, 6.45) is 3.96. The van der Waals surface area contributed by atoms with E-state index >= 15 is 0 Å². The van der Waals surface area contributed by atoms with Crippen molar-refractivity contribution in [3.05, 3.63) is 45.9 Å². The minimum atomic E-state index is 0.557. The van der Waals surface area contributed by atoms with Crippen LogP contribution in [-0.4, -0.2) is 43.2 Å². The molecule has 2 aromatic rings. The van der Waals surface area contributed by atoms with Crippen molar-refractivity contribution < 1.29 is 0 Å². The van der Waals surface area contributed by atoms with E-state index < -0.39 is 0 Å². The van der Waals surface area contributed by atoms with E-state index in [1.165, 1.54) is 16.1 Å². The van der Waals surface area contributed by atoms with Crippen molar-refractivity contribution in [3.63, 3.8) is 0 Å². The molecule has 0 amide bonds. The predicted octanol–water partition coefficient (Wildman–Crippen LogP) is 3.00. The molecule has 0 saturated carbocycles. The maximum atomic E-state index is 4.69. The Hall–Kier alpha value is -2.08. The van der Waals surface area contributed by atoms with Gasteiger partial charge in [-0.05, 0) is 38.8 Å². The van der Waals surface area contributed by atoms with E-state index in [-0.39, 0.29) is 0 Å². The molecule has 1 atom stereocenters. The molecule has 140 valence electrons.